The summed E-state index contributed by atoms with van der Waals surface area (Å²) in [6.45, 7) is 1.78. The van der Waals surface area contributed by atoms with Crippen molar-refractivity contribution in [1.82, 2.24) is 9.97 Å². The van der Waals surface area contributed by atoms with Crippen LogP contribution in [-0.2, 0) is 41.7 Å². The summed E-state index contributed by atoms with van der Waals surface area (Å²) >= 11 is 4.24. The highest BCUT2D eigenvalue weighted by molar-refractivity contribution is 7.86. The molecule has 3 aromatic heterocycles. The van der Waals surface area contributed by atoms with Gasteiger partial charge in [-0.15, -0.1) is 34.0 Å². The molecule has 0 aliphatic rings. The van der Waals surface area contributed by atoms with Gasteiger partial charge >= 0.3 is 10.1 Å². The number of aromatic nitrogens is 2. The molecular formula is C20H20N4O6S5. The Morgan fingerprint density at radius 1 is 1.09 bits per heavy atom. The lowest BCUT2D eigenvalue weighted by atomic mass is 9.85. The number of hydrogen-bond donors (Lipinski definition) is 3. The van der Waals surface area contributed by atoms with Crippen LogP contribution >= 0.6 is 34.0 Å². The number of thiazole rings is 2. The molecule has 186 valence electrons. The largest absolute Gasteiger partial charge is 0.312 e. The zero-order valence-electron chi connectivity index (χ0n) is 18.1. The van der Waals surface area contributed by atoms with Crippen LogP contribution in [0, 0.1) is 6.92 Å². The molecule has 2 atom stereocenters. The van der Waals surface area contributed by atoms with E-state index in [0.29, 0.717) is 16.3 Å². The summed E-state index contributed by atoms with van der Waals surface area (Å²) in [6.07, 6.45) is 0.174. The molecule has 4 N–H and O–H groups in total. The van der Waals surface area contributed by atoms with Crippen LogP contribution in [0.2, 0.25) is 0 Å². The highest BCUT2D eigenvalue weighted by atomic mass is 32.2. The highest BCUT2D eigenvalue weighted by Gasteiger charge is 2.44. The molecule has 10 nitrogen and oxygen atoms in total. The molecule has 0 aliphatic heterocycles. The van der Waals surface area contributed by atoms with Crippen LogP contribution in [0.4, 0.5) is 0 Å². The fourth-order valence-corrected chi connectivity index (χ4v) is 6.88. The van der Waals surface area contributed by atoms with Crippen LogP contribution in [0.25, 0.3) is 9.88 Å². The molecule has 4 rings (SSSR count). The van der Waals surface area contributed by atoms with E-state index in [1.165, 1.54) is 46.1 Å². The Balaban J connectivity index is 1.80. The van der Waals surface area contributed by atoms with E-state index in [1.807, 2.05) is 22.9 Å². The number of thiophene rings is 1. The van der Waals surface area contributed by atoms with Crippen molar-refractivity contribution in [2.24, 2.45) is 11.6 Å². The topological polar surface area (TPSA) is 165 Å². The first kappa shape index (κ1) is 26.0. The molecule has 0 aliphatic carbocycles. The van der Waals surface area contributed by atoms with E-state index in [0.717, 1.165) is 9.88 Å². The van der Waals surface area contributed by atoms with Gasteiger partial charge in [-0.1, -0.05) is 18.2 Å². The van der Waals surface area contributed by atoms with Crippen molar-refractivity contribution in [1.29, 1.82) is 0 Å². The van der Waals surface area contributed by atoms with Crippen molar-refractivity contribution in [2.45, 2.75) is 29.9 Å². The van der Waals surface area contributed by atoms with Gasteiger partial charge in [0.25, 0.3) is 11.0 Å². The number of thiol groups is 1. The zero-order valence-corrected chi connectivity index (χ0v) is 22.2. The Morgan fingerprint density at radius 3 is 2.40 bits per heavy atom. The van der Waals surface area contributed by atoms with Crippen molar-refractivity contribution in [3.63, 3.8) is 0 Å². The number of hydrogen-bond acceptors (Lipinski definition) is 13. The number of benzene rings is 1. The summed E-state index contributed by atoms with van der Waals surface area (Å²) in [6, 6.07) is 9.66. The lowest BCUT2D eigenvalue weighted by molar-refractivity contribution is 0.0493. The SMILES string of the molecule is Cc1nc(C(N)(O[SH](=O)=O)[C@@H](Cc2ccc(S(=O)(=O)ON)cc2)c2csc(-c3cccs3)n2)cs1. The minimum absolute atomic E-state index is 0.123. The second-order valence-corrected chi connectivity index (χ2v) is 12.4. The van der Waals surface area contributed by atoms with Gasteiger partial charge in [0.2, 0.25) is 0 Å². The maximum atomic E-state index is 11.9. The quantitative estimate of drug-likeness (QED) is 0.146. The lowest BCUT2D eigenvalue weighted by Crippen LogP contribution is -2.46. The van der Waals surface area contributed by atoms with Crippen molar-refractivity contribution < 1.29 is 25.3 Å². The average molecular weight is 573 g/mol. The maximum absolute atomic E-state index is 11.9. The number of rotatable bonds is 10. The Labute approximate surface area is 215 Å². The first-order valence-electron chi connectivity index (χ1n) is 9.89. The number of nitrogens with two attached hydrogens (primary N) is 2. The first-order chi connectivity index (χ1) is 16.6. The predicted molar refractivity (Wildman–Crippen MR) is 135 cm³/mol. The molecule has 1 unspecified atom stereocenters. The number of nitrogens with zero attached hydrogens (tertiary/aromatic N) is 2. The third-order valence-electron chi connectivity index (χ3n) is 5.15. The minimum atomic E-state index is -4.07. The summed E-state index contributed by atoms with van der Waals surface area (Å²) in [4.78, 5) is 9.98. The highest BCUT2D eigenvalue weighted by Crippen LogP contribution is 2.41. The van der Waals surface area contributed by atoms with Crippen molar-refractivity contribution in [3.05, 3.63) is 74.5 Å². The summed E-state index contributed by atoms with van der Waals surface area (Å²) in [5, 5.41) is 6.84. The van der Waals surface area contributed by atoms with Gasteiger partial charge in [-0.3, -0.25) is 5.73 Å². The van der Waals surface area contributed by atoms with Gasteiger partial charge in [-0.2, -0.15) is 18.6 Å². The van der Waals surface area contributed by atoms with Crippen molar-refractivity contribution in [2.75, 3.05) is 0 Å². The van der Waals surface area contributed by atoms with Crippen LogP contribution < -0.4 is 11.6 Å². The third-order valence-corrected chi connectivity index (χ3v) is 9.38. The standard InChI is InChI=1S/C20H20N4O6S5/c1-12-23-18(11-32-12)20(21,29-34(25)26)15(16-10-33-19(24-16)17-3-2-8-31-17)9-13-4-6-14(7-5-13)35(27,28)30-22/h2-8,10-11,15,34H,9,21-22H2,1H3/t15-,20?/m0/s1. The molecule has 0 fully saturated rings. The minimum Gasteiger partial charge on any atom is -0.297 e. The van der Waals surface area contributed by atoms with Gasteiger partial charge in [0.15, 0.2) is 5.72 Å². The van der Waals surface area contributed by atoms with Crippen LogP contribution in [0.3, 0.4) is 0 Å². The monoisotopic (exact) mass is 572 g/mol. The fraction of sp³-hybridized carbons (Fsp3) is 0.200. The Hall–Kier alpha value is -2.08. The molecule has 0 amide bonds. The van der Waals surface area contributed by atoms with Gasteiger partial charge in [0, 0.05) is 10.8 Å². The number of aryl methyl sites for hydroxylation is 1. The average Bonchev–Trinajstić information content (AvgIpc) is 3.58. The van der Waals surface area contributed by atoms with E-state index < -0.39 is 32.7 Å². The van der Waals surface area contributed by atoms with E-state index in [1.54, 1.807) is 24.4 Å². The first-order valence-corrected chi connectivity index (χ1v) is 15.0. The predicted octanol–water partition coefficient (Wildman–Crippen LogP) is 2.90. The molecule has 0 spiro atoms. The van der Waals surface area contributed by atoms with E-state index >= 15 is 0 Å². The van der Waals surface area contributed by atoms with E-state index in [4.69, 9.17) is 20.8 Å². The molecule has 0 bridgehead atoms. The molecule has 0 radical (unpaired) electrons. The van der Waals surface area contributed by atoms with Gasteiger partial charge < -0.3 is 0 Å². The Bertz CT molecular complexity index is 1470. The summed E-state index contributed by atoms with van der Waals surface area (Å²) < 4.78 is 56.7. The van der Waals surface area contributed by atoms with Crippen LogP contribution in [0.15, 0.2) is 57.4 Å². The molecule has 15 heteroatoms. The summed E-state index contributed by atoms with van der Waals surface area (Å²) in [5.41, 5.74) is 6.25. The van der Waals surface area contributed by atoms with Gasteiger partial charge in [-0.05, 0) is 42.5 Å². The lowest BCUT2D eigenvalue weighted by Gasteiger charge is -2.33. The van der Waals surface area contributed by atoms with E-state index in [9.17, 15) is 16.8 Å². The second-order valence-electron chi connectivity index (χ2n) is 7.37. The van der Waals surface area contributed by atoms with Crippen molar-refractivity contribution in [3.8, 4) is 9.88 Å². The van der Waals surface area contributed by atoms with E-state index in [2.05, 4.69) is 9.27 Å². The molecule has 3 heterocycles. The van der Waals surface area contributed by atoms with Gasteiger partial charge in [0.1, 0.15) is 10.7 Å². The molecule has 35 heavy (non-hydrogen) atoms. The smallest absolute Gasteiger partial charge is 0.297 e. The molecule has 1 aromatic carbocycles. The summed E-state index contributed by atoms with van der Waals surface area (Å²) in [5.74, 6) is 4.07. The van der Waals surface area contributed by atoms with Crippen LogP contribution in [0.1, 0.15) is 27.9 Å². The second kappa shape index (κ2) is 10.5. The molecule has 0 saturated heterocycles. The van der Waals surface area contributed by atoms with Gasteiger partial charge in [-0.25, -0.2) is 22.6 Å². The Kier molecular flexibility index (Phi) is 7.80. The third kappa shape index (κ3) is 5.68. The van der Waals surface area contributed by atoms with Gasteiger partial charge in [0.05, 0.1) is 26.4 Å². The van der Waals surface area contributed by atoms with Crippen LogP contribution in [0.5, 0.6) is 0 Å². The molecule has 4 aromatic rings. The maximum Gasteiger partial charge on any atom is 0.312 e. The molecule has 0 saturated carbocycles. The Morgan fingerprint density at radius 2 is 1.83 bits per heavy atom. The van der Waals surface area contributed by atoms with Crippen molar-refractivity contribution >= 4 is 55.1 Å². The van der Waals surface area contributed by atoms with Crippen LogP contribution in [-0.4, -0.2) is 26.8 Å². The summed E-state index contributed by atoms with van der Waals surface area (Å²) in [7, 11) is -7.42. The zero-order chi connectivity index (χ0) is 25.2. The fourth-order valence-electron chi connectivity index (χ4n) is 3.47. The normalized spacial score (nSPS) is 14.7. The van der Waals surface area contributed by atoms with E-state index in [-0.39, 0.29) is 17.0 Å². The molecular weight excluding hydrogens is 553 g/mol.